The molecule has 1 atom stereocenters. The van der Waals surface area contributed by atoms with E-state index in [1.807, 2.05) is 11.8 Å². The van der Waals surface area contributed by atoms with Crippen molar-refractivity contribution in [3.05, 3.63) is 0 Å². The minimum absolute atomic E-state index is 0.307. The standard InChI is InChI=1S/C11H22N2S/c1-5-6-7-8-10(13-12)9-14-11(2,3)4/h1,10,13H,6-9,12H2,2-4H3. The molecule has 0 aliphatic heterocycles. The Balaban J connectivity index is 3.64. The maximum Gasteiger partial charge on any atom is 0.0301 e. The van der Waals surface area contributed by atoms with Crippen molar-refractivity contribution in [1.82, 2.24) is 5.43 Å². The molecule has 0 aliphatic carbocycles. The summed E-state index contributed by atoms with van der Waals surface area (Å²) >= 11 is 1.93. The van der Waals surface area contributed by atoms with Gasteiger partial charge in [0.25, 0.3) is 0 Å². The maximum atomic E-state index is 5.47. The van der Waals surface area contributed by atoms with Crippen LogP contribution in [-0.2, 0) is 0 Å². The van der Waals surface area contributed by atoms with Gasteiger partial charge in [-0.3, -0.25) is 11.3 Å². The minimum Gasteiger partial charge on any atom is -0.271 e. The summed E-state index contributed by atoms with van der Waals surface area (Å²) in [6.07, 6.45) is 8.15. The summed E-state index contributed by atoms with van der Waals surface area (Å²) in [6, 6.07) is 0.382. The van der Waals surface area contributed by atoms with Crippen LogP contribution >= 0.6 is 11.8 Å². The molecule has 0 rings (SSSR count). The van der Waals surface area contributed by atoms with E-state index in [1.165, 1.54) is 0 Å². The van der Waals surface area contributed by atoms with Gasteiger partial charge in [-0.25, -0.2) is 0 Å². The van der Waals surface area contributed by atoms with E-state index < -0.39 is 0 Å². The van der Waals surface area contributed by atoms with E-state index in [1.54, 1.807) is 0 Å². The SMILES string of the molecule is C#CCCCC(CSC(C)(C)C)NN. The predicted octanol–water partition coefficient (Wildman–Crippen LogP) is 2.15. The molecule has 0 saturated heterocycles. The van der Waals surface area contributed by atoms with E-state index in [4.69, 9.17) is 12.3 Å². The molecule has 82 valence electrons. The molecule has 2 nitrogen and oxygen atoms in total. The van der Waals surface area contributed by atoms with Gasteiger partial charge in [0, 0.05) is 23.0 Å². The van der Waals surface area contributed by atoms with Crippen LogP contribution in [0.2, 0.25) is 0 Å². The molecule has 3 N–H and O–H groups in total. The van der Waals surface area contributed by atoms with Crippen LogP contribution in [0.1, 0.15) is 40.0 Å². The fourth-order valence-corrected chi connectivity index (χ4v) is 1.98. The molecule has 0 aromatic carbocycles. The van der Waals surface area contributed by atoms with Crippen LogP contribution in [0.25, 0.3) is 0 Å². The molecule has 0 aromatic heterocycles. The van der Waals surface area contributed by atoms with Gasteiger partial charge in [-0.15, -0.1) is 12.3 Å². The first kappa shape index (κ1) is 13.8. The van der Waals surface area contributed by atoms with Crippen LogP contribution in [0, 0.1) is 12.3 Å². The number of terminal acetylenes is 1. The van der Waals surface area contributed by atoms with Gasteiger partial charge in [0.1, 0.15) is 0 Å². The molecule has 0 aliphatic rings. The zero-order chi connectivity index (χ0) is 11.0. The van der Waals surface area contributed by atoms with Crippen molar-refractivity contribution in [2.24, 2.45) is 5.84 Å². The Morgan fingerprint density at radius 1 is 1.50 bits per heavy atom. The Morgan fingerprint density at radius 2 is 2.14 bits per heavy atom. The van der Waals surface area contributed by atoms with Crippen LogP contribution in [0.4, 0.5) is 0 Å². The molecule has 0 aromatic rings. The third kappa shape index (κ3) is 8.43. The van der Waals surface area contributed by atoms with Gasteiger partial charge in [-0.2, -0.15) is 11.8 Å². The maximum absolute atomic E-state index is 5.47. The van der Waals surface area contributed by atoms with Crippen LogP contribution in [-0.4, -0.2) is 16.5 Å². The van der Waals surface area contributed by atoms with Crippen molar-refractivity contribution >= 4 is 11.8 Å². The average molecular weight is 214 g/mol. The molecule has 0 fully saturated rings. The first-order valence-electron chi connectivity index (χ1n) is 5.03. The van der Waals surface area contributed by atoms with Crippen LogP contribution < -0.4 is 11.3 Å². The smallest absolute Gasteiger partial charge is 0.0301 e. The predicted molar refractivity (Wildman–Crippen MR) is 66.0 cm³/mol. The monoisotopic (exact) mass is 214 g/mol. The van der Waals surface area contributed by atoms with E-state index in [0.29, 0.717) is 10.8 Å². The highest BCUT2D eigenvalue weighted by Crippen LogP contribution is 2.24. The molecule has 1 unspecified atom stereocenters. The van der Waals surface area contributed by atoms with E-state index >= 15 is 0 Å². The van der Waals surface area contributed by atoms with E-state index in [9.17, 15) is 0 Å². The Hall–Kier alpha value is -0.170. The molecule has 0 bridgehead atoms. The van der Waals surface area contributed by atoms with Gasteiger partial charge in [0.05, 0.1) is 0 Å². The number of rotatable bonds is 6. The Labute approximate surface area is 92.4 Å². The zero-order valence-corrected chi connectivity index (χ0v) is 10.3. The lowest BCUT2D eigenvalue weighted by atomic mass is 10.1. The molecule has 3 heteroatoms. The summed E-state index contributed by atoms with van der Waals surface area (Å²) in [5, 5.41) is 0. The largest absolute Gasteiger partial charge is 0.271 e. The van der Waals surface area contributed by atoms with Crippen molar-refractivity contribution < 1.29 is 0 Å². The number of hydrogen-bond donors (Lipinski definition) is 2. The highest BCUT2D eigenvalue weighted by Gasteiger charge is 2.14. The summed E-state index contributed by atoms with van der Waals surface area (Å²) in [4.78, 5) is 0. The molecular formula is C11H22N2S. The lowest BCUT2D eigenvalue weighted by molar-refractivity contribution is 0.522. The van der Waals surface area contributed by atoms with Gasteiger partial charge >= 0.3 is 0 Å². The number of thioether (sulfide) groups is 1. The first-order valence-corrected chi connectivity index (χ1v) is 6.01. The van der Waals surface area contributed by atoms with E-state index in [0.717, 1.165) is 25.0 Å². The van der Waals surface area contributed by atoms with Crippen molar-refractivity contribution in [2.45, 2.75) is 50.8 Å². The summed E-state index contributed by atoms with van der Waals surface area (Å²) in [6.45, 7) is 6.64. The molecule has 0 radical (unpaired) electrons. The van der Waals surface area contributed by atoms with Crippen LogP contribution in [0.15, 0.2) is 0 Å². The normalized spacial score (nSPS) is 13.6. The number of hydrazine groups is 1. The number of nitrogens with one attached hydrogen (secondary N) is 1. The summed E-state index contributed by atoms with van der Waals surface area (Å²) in [5.74, 6) is 9.16. The van der Waals surface area contributed by atoms with Gasteiger partial charge < -0.3 is 0 Å². The van der Waals surface area contributed by atoms with Gasteiger partial charge in [0.2, 0.25) is 0 Å². The summed E-state index contributed by atoms with van der Waals surface area (Å²) in [5.41, 5.74) is 2.84. The first-order chi connectivity index (χ1) is 6.49. The Bertz CT molecular complexity index is 179. The number of unbranched alkanes of at least 4 members (excludes halogenated alkanes) is 1. The fourth-order valence-electron chi connectivity index (χ4n) is 1.02. The van der Waals surface area contributed by atoms with Crippen LogP contribution in [0.3, 0.4) is 0 Å². The lowest BCUT2D eigenvalue weighted by Crippen LogP contribution is -2.37. The molecule has 0 amide bonds. The summed E-state index contributed by atoms with van der Waals surface area (Å²) in [7, 11) is 0. The quantitative estimate of drug-likeness (QED) is 0.308. The Kier molecular flexibility index (Phi) is 7.08. The van der Waals surface area contributed by atoms with Crippen LogP contribution in [0.5, 0.6) is 0 Å². The highest BCUT2D eigenvalue weighted by atomic mass is 32.2. The minimum atomic E-state index is 0.307. The average Bonchev–Trinajstić information content (AvgIpc) is 2.09. The number of nitrogens with two attached hydrogens (primary N) is 1. The van der Waals surface area contributed by atoms with Crippen molar-refractivity contribution in [2.75, 3.05) is 5.75 Å². The van der Waals surface area contributed by atoms with Gasteiger partial charge in [0.15, 0.2) is 0 Å². The molecule has 14 heavy (non-hydrogen) atoms. The van der Waals surface area contributed by atoms with Gasteiger partial charge in [-0.1, -0.05) is 20.8 Å². The summed E-state index contributed by atoms with van der Waals surface area (Å²) < 4.78 is 0.307. The molecule has 0 saturated carbocycles. The Morgan fingerprint density at radius 3 is 2.57 bits per heavy atom. The molecule has 0 spiro atoms. The second kappa shape index (κ2) is 7.17. The second-order valence-electron chi connectivity index (χ2n) is 4.38. The van der Waals surface area contributed by atoms with Crippen molar-refractivity contribution in [3.8, 4) is 12.3 Å². The van der Waals surface area contributed by atoms with Crippen molar-refractivity contribution in [1.29, 1.82) is 0 Å². The topological polar surface area (TPSA) is 38.0 Å². The highest BCUT2D eigenvalue weighted by molar-refractivity contribution is 8.00. The van der Waals surface area contributed by atoms with E-state index in [2.05, 4.69) is 32.1 Å². The fraction of sp³-hybridized carbons (Fsp3) is 0.818. The molecular weight excluding hydrogens is 192 g/mol. The van der Waals surface area contributed by atoms with Crippen molar-refractivity contribution in [3.63, 3.8) is 0 Å². The molecule has 0 heterocycles. The zero-order valence-electron chi connectivity index (χ0n) is 9.47. The third-order valence-corrected chi connectivity index (χ3v) is 3.26. The third-order valence-electron chi connectivity index (χ3n) is 1.83. The number of hydrogen-bond acceptors (Lipinski definition) is 3. The lowest BCUT2D eigenvalue weighted by Gasteiger charge is -2.22. The second-order valence-corrected chi connectivity index (χ2v) is 6.23. The van der Waals surface area contributed by atoms with E-state index in [-0.39, 0.29) is 0 Å². The van der Waals surface area contributed by atoms with Gasteiger partial charge in [-0.05, 0) is 12.8 Å².